The van der Waals surface area contributed by atoms with Gasteiger partial charge in [0.15, 0.2) is 0 Å². The monoisotopic (exact) mass is 253 g/mol. The van der Waals surface area contributed by atoms with E-state index < -0.39 is 0 Å². The zero-order chi connectivity index (χ0) is 12.8. The van der Waals surface area contributed by atoms with Gasteiger partial charge in [0.25, 0.3) is 0 Å². The molecule has 1 fully saturated rings. The number of hydrogen-bond acceptors (Lipinski definition) is 1. The summed E-state index contributed by atoms with van der Waals surface area (Å²) in [5.41, 5.74) is 2.83. The molecule has 0 N–H and O–H groups in total. The van der Waals surface area contributed by atoms with Gasteiger partial charge in [-0.1, -0.05) is 36.4 Å². The van der Waals surface area contributed by atoms with Crippen LogP contribution < -0.4 is 0 Å². The first-order valence-corrected chi connectivity index (χ1v) is 7.39. The largest absolute Gasteiger partial charge is 0.335 e. The maximum absolute atomic E-state index is 12.7. The Morgan fingerprint density at radius 2 is 2.11 bits per heavy atom. The third kappa shape index (κ3) is 1.66. The Kier molecular flexibility index (Phi) is 2.51. The second kappa shape index (κ2) is 4.22. The van der Waals surface area contributed by atoms with E-state index in [1.807, 2.05) is 0 Å². The first-order chi connectivity index (χ1) is 9.34. The molecule has 3 atom stereocenters. The van der Waals surface area contributed by atoms with Crippen LogP contribution in [0.5, 0.6) is 0 Å². The number of rotatable bonds is 0. The summed E-state index contributed by atoms with van der Waals surface area (Å²) in [6.07, 6.45) is 8.81. The van der Waals surface area contributed by atoms with E-state index in [4.69, 9.17) is 0 Å². The van der Waals surface area contributed by atoms with E-state index in [1.54, 1.807) is 0 Å². The lowest BCUT2D eigenvalue weighted by atomic mass is 9.73. The van der Waals surface area contributed by atoms with E-state index >= 15 is 0 Å². The molecule has 0 saturated carbocycles. The number of benzene rings is 1. The summed E-state index contributed by atoms with van der Waals surface area (Å²) in [7, 11) is 0. The molecule has 1 amide bonds. The fourth-order valence-electron chi connectivity index (χ4n) is 4.08. The maximum atomic E-state index is 12.7. The molecule has 2 heterocycles. The normalized spacial score (nSPS) is 32.5. The Labute approximate surface area is 114 Å². The van der Waals surface area contributed by atoms with Gasteiger partial charge in [0.2, 0.25) is 5.91 Å². The van der Waals surface area contributed by atoms with Gasteiger partial charge in [-0.25, -0.2) is 0 Å². The lowest BCUT2D eigenvalue weighted by Crippen LogP contribution is -2.50. The Bertz CT molecular complexity index is 548. The standard InChI is InChI=1S/C17H19NO/c19-17-15-8-4-2-6-13(15)11-16-14-7-3-1-5-12(14)9-10-18(16)17/h1-3,5-7,13,15-16H,4,8-11H2/t13-,15-,16-/m0/s1. The van der Waals surface area contributed by atoms with Crippen molar-refractivity contribution in [3.05, 3.63) is 47.5 Å². The van der Waals surface area contributed by atoms with Crippen LogP contribution in [0.15, 0.2) is 36.4 Å². The summed E-state index contributed by atoms with van der Waals surface area (Å²) in [5.74, 6) is 1.13. The van der Waals surface area contributed by atoms with Crippen LogP contribution in [0, 0.1) is 11.8 Å². The molecule has 0 unspecified atom stereocenters. The topological polar surface area (TPSA) is 20.3 Å². The predicted octanol–water partition coefficient (Wildman–Crippen LogP) is 3.10. The molecule has 0 spiro atoms. The number of fused-ring (bicyclic) bond motifs is 4. The molecule has 1 aromatic carbocycles. The van der Waals surface area contributed by atoms with E-state index in [9.17, 15) is 4.79 Å². The minimum atomic E-state index is 0.256. The summed E-state index contributed by atoms with van der Waals surface area (Å²) in [6, 6.07) is 8.98. The average molecular weight is 253 g/mol. The highest BCUT2D eigenvalue weighted by atomic mass is 16.2. The summed E-state index contributed by atoms with van der Waals surface area (Å²) in [4.78, 5) is 14.9. The van der Waals surface area contributed by atoms with E-state index in [1.165, 1.54) is 11.1 Å². The number of amides is 1. The zero-order valence-electron chi connectivity index (χ0n) is 11.1. The highest BCUT2D eigenvalue weighted by Crippen LogP contribution is 2.44. The van der Waals surface area contributed by atoms with Gasteiger partial charge in [0.05, 0.1) is 6.04 Å². The van der Waals surface area contributed by atoms with Crippen LogP contribution in [0.4, 0.5) is 0 Å². The Morgan fingerprint density at radius 1 is 1.21 bits per heavy atom. The van der Waals surface area contributed by atoms with Crippen molar-refractivity contribution in [2.24, 2.45) is 11.8 Å². The van der Waals surface area contributed by atoms with Gasteiger partial charge < -0.3 is 4.90 Å². The number of carbonyl (C=O) groups excluding carboxylic acids is 1. The van der Waals surface area contributed by atoms with Crippen LogP contribution in [-0.4, -0.2) is 17.4 Å². The molecule has 19 heavy (non-hydrogen) atoms. The minimum Gasteiger partial charge on any atom is -0.335 e. The summed E-state index contributed by atoms with van der Waals surface area (Å²) < 4.78 is 0. The fraction of sp³-hybridized carbons (Fsp3) is 0.471. The molecule has 1 saturated heterocycles. The van der Waals surface area contributed by atoms with Crippen molar-refractivity contribution in [3.8, 4) is 0 Å². The molecule has 4 rings (SSSR count). The van der Waals surface area contributed by atoms with Crippen LogP contribution in [0.25, 0.3) is 0 Å². The van der Waals surface area contributed by atoms with Crippen molar-refractivity contribution in [2.45, 2.75) is 31.7 Å². The highest BCUT2D eigenvalue weighted by molar-refractivity contribution is 5.81. The number of nitrogens with zero attached hydrogens (tertiary/aromatic N) is 1. The van der Waals surface area contributed by atoms with Gasteiger partial charge >= 0.3 is 0 Å². The molecule has 1 aliphatic carbocycles. The molecule has 2 nitrogen and oxygen atoms in total. The molecule has 0 aromatic heterocycles. The zero-order valence-corrected chi connectivity index (χ0v) is 11.1. The molecular formula is C17H19NO. The number of allylic oxidation sites excluding steroid dienone is 2. The van der Waals surface area contributed by atoms with E-state index in [-0.39, 0.29) is 5.92 Å². The van der Waals surface area contributed by atoms with Crippen molar-refractivity contribution in [3.63, 3.8) is 0 Å². The molecule has 3 aliphatic rings. The van der Waals surface area contributed by atoms with Crippen LogP contribution in [0.1, 0.15) is 36.4 Å². The Morgan fingerprint density at radius 3 is 3.05 bits per heavy atom. The third-order valence-electron chi connectivity index (χ3n) is 5.05. The number of carbonyl (C=O) groups is 1. The van der Waals surface area contributed by atoms with Crippen molar-refractivity contribution >= 4 is 5.91 Å². The Hall–Kier alpha value is -1.57. The second-order valence-corrected chi connectivity index (χ2v) is 6.01. The molecule has 2 heteroatoms. The van der Waals surface area contributed by atoms with Crippen molar-refractivity contribution in [1.82, 2.24) is 4.90 Å². The van der Waals surface area contributed by atoms with E-state index in [0.717, 1.165) is 32.2 Å². The molecule has 0 bridgehead atoms. The lowest BCUT2D eigenvalue weighted by Gasteiger charge is -2.47. The van der Waals surface area contributed by atoms with Crippen molar-refractivity contribution < 1.29 is 4.79 Å². The van der Waals surface area contributed by atoms with Crippen LogP contribution in [0.2, 0.25) is 0 Å². The van der Waals surface area contributed by atoms with Gasteiger partial charge in [-0.3, -0.25) is 4.79 Å². The SMILES string of the molecule is O=C1[C@H]2CCC=C[C@H]2C[C@H]2c3ccccc3CCN12. The molecular weight excluding hydrogens is 234 g/mol. The number of piperidine rings is 1. The third-order valence-corrected chi connectivity index (χ3v) is 5.05. The second-order valence-electron chi connectivity index (χ2n) is 6.01. The van der Waals surface area contributed by atoms with Gasteiger partial charge in [-0.05, 0) is 42.7 Å². The maximum Gasteiger partial charge on any atom is 0.226 e. The summed E-state index contributed by atoms with van der Waals surface area (Å²) >= 11 is 0. The van der Waals surface area contributed by atoms with Crippen LogP contribution in [-0.2, 0) is 11.2 Å². The van der Waals surface area contributed by atoms with Crippen LogP contribution >= 0.6 is 0 Å². The first-order valence-electron chi connectivity index (χ1n) is 7.39. The Balaban J connectivity index is 1.74. The minimum absolute atomic E-state index is 0.256. The van der Waals surface area contributed by atoms with Gasteiger partial charge in [0, 0.05) is 12.5 Å². The predicted molar refractivity (Wildman–Crippen MR) is 74.6 cm³/mol. The highest BCUT2D eigenvalue weighted by Gasteiger charge is 2.43. The van der Waals surface area contributed by atoms with E-state index in [0.29, 0.717) is 17.9 Å². The molecule has 0 radical (unpaired) electrons. The smallest absolute Gasteiger partial charge is 0.226 e. The van der Waals surface area contributed by atoms with Crippen LogP contribution in [0.3, 0.4) is 0 Å². The molecule has 98 valence electrons. The van der Waals surface area contributed by atoms with Crippen molar-refractivity contribution in [1.29, 1.82) is 0 Å². The average Bonchev–Trinajstić information content (AvgIpc) is 2.47. The summed E-state index contributed by atoms with van der Waals surface area (Å²) in [6.45, 7) is 0.910. The molecule has 1 aromatic rings. The van der Waals surface area contributed by atoms with Gasteiger partial charge in [0.1, 0.15) is 0 Å². The fourth-order valence-corrected chi connectivity index (χ4v) is 4.08. The lowest BCUT2D eigenvalue weighted by molar-refractivity contribution is -0.145. The number of hydrogen-bond donors (Lipinski definition) is 0. The van der Waals surface area contributed by atoms with E-state index in [2.05, 4.69) is 41.3 Å². The quantitative estimate of drug-likeness (QED) is 0.651. The van der Waals surface area contributed by atoms with Crippen molar-refractivity contribution in [2.75, 3.05) is 6.54 Å². The van der Waals surface area contributed by atoms with Gasteiger partial charge in [-0.15, -0.1) is 0 Å². The molecule has 2 aliphatic heterocycles. The van der Waals surface area contributed by atoms with Gasteiger partial charge in [-0.2, -0.15) is 0 Å². The first kappa shape index (κ1) is 11.3. The summed E-state index contributed by atoms with van der Waals surface area (Å²) in [5, 5.41) is 0.